The van der Waals surface area contributed by atoms with Gasteiger partial charge in [-0.05, 0) is 37.8 Å². The van der Waals surface area contributed by atoms with Gasteiger partial charge in [0.15, 0.2) is 0 Å². The molecule has 142 valence electrons. The SMILES string of the molecule is CCOc1ccc(NC(=O)CSC(=S)N2CCC(C)CC2)c([N+](=O)[O-])c1. The molecule has 1 aromatic rings. The number of nitrogens with zero attached hydrogens (tertiary/aromatic N) is 2. The second-order valence-electron chi connectivity index (χ2n) is 6.14. The summed E-state index contributed by atoms with van der Waals surface area (Å²) in [6.07, 6.45) is 2.20. The first-order chi connectivity index (χ1) is 12.4. The number of carbonyl (C=O) groups is 1. The molecule has 1 saturated heterocycles. The van der Waals surface area contributed by atoms with Gasteiger partial charge in [0.25, 0.3) is 5.69 Å². The Morgan fingerprint density at radius 1 is 1.46 bits per heavy atom. The number of hydrogen-bond acceptors (Lipinski definition) is 6. The molecule has 1 N–H and O–H groups in total. The standard InChI is InChI=1S/C17H23N3O4S2/c1-3-24-13-4-5-14(15(10-13)20(22)23)18-16(21)11-26-17(25)19-8-6-12(2)7-9-19/h4-5,10,12H,3,6-9,11H2,1-2H3,(H,18,21). The minimum Gasteiger partial charge on any atom is -0.494 e. The molecule has 2 rings (SSSR count). The Kier molecular flexibility index (Phi) is 7.65. The van der Waals surface area contributed by atoms with E-state index in [0.29, 0.717) is 22.6 Å². The van der Waals surface area contributed by atoms with Gasteiger partial charge in [0.1, 0.15) is 15.8 Å². The predicted molar refractivity (Wildman–Crippen MR) is 108 cm³/mol. The zero-order chi connectivity index (χ0) is 19.1. The Labute approximate surface area is 162 Å². The topological polar surface area (TPSA) is 84.7 Å². The van der Waals surface area contributed by atoms with Crippen LogP contribution in [0.3, 0.4) is 0 Å². The van der Waals surface area contributed by atoms with Gasteiger partial charge in [0.2, 0.25) is 5.91 Å². The van der Waals surface area contributed by atoms with Crippen molar-refractivity contribution in [3.63, 3.8) is 0 Å². The highest BCUT2D eigenvalue weighted by atomic mass is 32.2. The molecule has 1 aliphatic heterocycles. The summed E-state index contributed by atoms with van der Waals surface area (Å²) in [4.78, 5) is 25.0. The van der Waals surface area contributed by atoms with Crippen LogP contribution in [0.2, 0.25) is 0 Å². The normalized spacial score (nSPS) is 14.8. The van der Waals surface area contributed by atoms with Crippen LogP contribution in [0.25, 0.3) is 0 Å². The van der Waals surface area contributed by atoms with E-state index in [1.54, 1.807) is 13.0 Å². The maximum Gasteiger partial charge on any atom is 0.296 e. The van der Waals surface area contributed by atoms with E-state index in [4.69, 9.17) is 17.0 Å². The first-order valence-electron chi connectivity index (χ1n) is 8.53. The van der Waals surface area contributed by atoms with Gasteiger partial charge >= 0.3 is 0 Å². The van der Waals surface area contributed by atoms with Crippen molar-refractivity contribution in [3.8, 4) is 5.75 Å². The fourth-order valence-corrected chi connectivity index (χ4v) is 3.67. The lowest BCUT2D eigenvalue weighted by Gasteiger charge is -2.31. The first-order valence-corrected chi connectivity index (χ1v) is 9.93. The Morgan fingerprint density at radius 3 is 2.77 bits per heavy atom. The number of piperidine rings is 1. The highest BCUT2D eigenvalue weighted by Gasteiger charge is 2.20. The van der Waals surface area contributed by atoms with Crippen LogP contribution in [-0.2, 0) is 4.79 Å². The minimum atomic E-state index is -0.537. The molecule has 0 atom stereocenters. The number of hydrogen-bond donors (Lipinski definition) is 1. The number of anilines is 1. The average molecular weight is 398 g/mol. The molecular weight excluding hydrogens is 374 g/mol. The minimum absolute atomic E-state index is 0.120. The summed E-state index contributed by atoms with van der Waals surface area (Å²) in [5, 5.41) is 13.8. The van der Waals surface area contributed by atoms with Crippen molar-refractivity contribution < 1.29 is 14.5 Å². The lowest BCUT2D eigenvalue weighted by atomic mass is 10.00. The van der Waals surface area contributed by atoms with Crippen molar-refractivity contribution >= 4 is 45.6 Å². The number of benzene rings is 1. The number of thiocarbonyl (C=S) groups is 1. The number of nitro groups is 1. The summed E-state index contributed by atoms with van der Waals surface area (Å²) in [5.74, 6) is 0.902. The summed E-state index contributed by atoms with van der Waals surface area (Å²) >= 11 is 6.68. The summed E-state index contributed by atoms with van der Waals surface area (Å²) < 4.78 is 5.97. The highest BCUT2D eigenvalue weighted by Crippen LogP contribution is 2.29. The predicted octanol–water partition coefficient (Wildman–Crippen LogP) is 3.68. The van der Waals surface area contributed by atoms with Gasteiger partial charge in [-0.2, -0.15) is 0 Å². The third-order valence-corrected chi connectivity index (χ3v) is 5.64. The molecule has 0 bridgehead atoms. The van der Waals surface area contributed by atoms with Crippen LogP contribution in [0.15, 0.2) is 18.2 Å². The Hall–Kier alpha value is -1.87. The van der Waals surface area contributed by atoms with E-state index in [2.05, 4.69) is 17.1 Å². The van der Waals surface area contributed by atoms with E-state index in [1.165, 1.54) is 23.9 Å². The smallest absolute Gasteiger partial charge is 0.296 e. The molecule has 0 radical (unpaired) electrons. The highest BCUT2D eigenvalue weighted by molar-refractivity contribution is 8.23. The molecule has 0 spiro atoms. The lowest BCUT2D eigenvalue weighted by Crippen LogP contribution is -2.36. The van der Waals surface area contributed by atoms with E-state index in [1.807, 2.05) is 0 Å². The lowest BCUT2D eigenvalue weighted by molar-refractivity contribution is -0.384. The summed E-state index contributed by atoms with van der Waals surface area (Å²) in [6.45, 7) is 6.26. The monoisotopic (exact) mass is 397 g/mol. The fraction of sp³-hybridized carbons (Fsp3) is 0.529. The van der Waals surface area contributed by atoms with Crippen molar-refractivity contribution in [3.05, 3.63) is 28.3 Å². The number of rotatable bonds is 6. The van der Waals surface area contributed by atoms with Crippen molar-refractivity contribution in [2.24, 2.45) is 5.92 Å². The number of nitrogens with one attached hydrogen (secondary N) is 1. The van der Waals surface area contributed by atoms with Crippen LogP contribution < -0.4 is 10.1 Å². The van der Waals surface area contributed by atoms with Crippen LogP contribution in [0.1, 0.15) is 26.7 Å². The van der Waals surface area contributed by atoms with Gasteiger partial charge in [-0.25, -0.2) is 0 Å². The van der Waals surface area contributed by atoms with Crippen molar-refractivity contribution in [1.29, 1.82) is 0 Å². The van der Waals surface area contributed by atoms with Gasteiger partial charge in [-0.1, -0.05) is 30.9 Å². The first kappa shape index (κ1) is 20.4. The van der Waals surface area contributed by atoms with Gasteiger partial charge in [-0.15, -0.1) is 0 Å². The van der Waals surface area contributed by atoms with E-state index in [0.717, 1.165) is 25.9 Å². The van der Waals surface area contributed by atoms with Gasteiger partial charge in [0, 0.05) is 13.1 Å². The number of thioether (sulfide) groups is 1. The molecule has 26 heavy (non-hydrogen) atoms. The summed E-state index contributed by atoms with van der Waals surface area (Å²) in [6, 6.07) is 4.39. The molecule has 0 saturated carbocycles. The van der Waals surface area contributed by atoms with E-state index in [9.17, 15) is 14.9 Å². The number of likely N-dealkylation sites (tertiary alicyclic amines) is 1. The van der Waals surface area contributed by atoms with E-state index >= 15 is 0 Å². The Morgan fingerprint density at radius 2 is 2.15 bits per heavy atom. The largest absolute Gasteiger partial charge is 0.494 e. The van der Waals surface area contributed by atoms with E-state index < -0.39 is 4.92 Å². The maximum absolute atomic E-state index is 12.2. The molecule has 0 aromatic heterocycles. The van der Waals surface area contributed by atoms with Crippen molar-refractivity contribution in [2.75, 3.05) is 30.8 Å². The van der Waals surface area contributed by atoms with Crippen LogP contribution in [0.5, 0.6) is 5.75 Å². The molecular formula is C17H23N3O4S2. The summed E-state index contributed by atoms with van der Waals surface area (Å²) in [5.41, 5.74) is -0.0383. The number of carbonyl (C=O) groups excluding carboxylic acids is 1. The van der Waals surface area contributed by atoms with Crippen LogP contribution >= 0.6 is 24.0 Å². The van der Waals surface area contributed by atoms with E-state index in [-0.39, 0.29) is 23.0 Å². The number of amides is 1. The van der Waals surface area contributed by atoms with Crippen LogP contribution in [0.4, 0.5) is 11.4 Å². The second kappa shape index (κ2) is 9.72. The maximum atomic E-state index is 12.2. The third-order valence-electron chi connectivity index (χ3n) is 4.12. The second-order valence-corrected chi connectivity index (χ2v) is 7.75. The average Bonchev–Trinajstić information content (AvgIpc) is 2.61. The Bertz CT molecular complexity index is 676. The van der Waals surface area contributed by atoms with Gasteiger partial charge < -0.3 is 15.0 Å². The zero-order valence-corrected chi connectivity index (χ0v) is 16.5. The molecule has 7 nitrogen and oxygen atoms in total. The molecule has 9 heteroatoms. The fourth-order valence-electron chi connectivity index (χ4n) is 2.62. The van der Waals surface area contributed by atoms with Gasteiger partial charge in [0.05, 0.1) is 23.3 Å². The Balaban J connectivity index is 1.91. The van der Waals surface area contributed by atoms with Crippen LogP contribution in [-0.4, -0.2) is 45.5 Å². The van der Waals surface area contributed by atoms with Crippen LogP contribution in [0, 0.1) is 16.0 Å². The number of nitro benzene ring substituents is 1. The molecule has 1 heterocycles. The molecule has 0 aliphatic carbocycles. The quantitative estimate of drug-likeness (QED) is 0.445. The van der Waals surface area contributed by atoms with Crippen molar-refractivity contribution in [1.82, 2.24) is 4.90 Å². The van der Waals surface area contributed by atoms with Gasteiger partial charge in [-0.3, -0.25) is 14.9 Å². The molecule has 1 aromatic carbocycles. The number of ether oxygens (including phenoxy) is 1. The van der Waals surface area contributed by atoms with Crippen molar-refractivity contribution in [2.45, 2.75) is 26.7 Å². The molecule has 1 aliphatic rings. The molecule has 1 amide bonds. The third kappa shape index (κ3) is 5.84. The molecule has 1 fully saturated rings. The molecule has 0 unspecified atom stereocenters. The zero-order valence-electron chi connectivity index (χ0n) is 14.9. The summed E-state index contributed by atoms with van der Waals surface area (Å²) in [7, 11) is 0.